The quantitative estimate of drug-likeness (QED) is 0.774. The van der Waals surface area contributed by atoms with Gasteiger partial charge >= 0.3 is 11.9 Å². The van der Waals surface area contributed by atoms with Gasteiger partial charge in [0.15, 0.2) is 0 Å². The molecule has 0 bridgehead atoms. The number of aliphatic carboxylic acids is 2. The van der Waals surface area contributed by atoms with Gasteiger partial charge in [-0.3, -0.25) is 14.5 Å². The predicted octanol–water partition coefficient (Wildman–Crippen LogP) is 0.949. The number of rotatable bonds is 5. The molecule has 19 heavy (non-hydrogen) atoms. The zero-order chi connectivity index (χ0) is 13.9. The van der Waals surface area contributed by atoms with Gasteiger partial charge in [0.25, 0.3) is 0 Å². The summed E-state index contributed by atoms with van der Waals surface area (Å²) in [6.45, 7) is 0.167. The Bertz CT molecular complexity index is 335. The monoisotopic (exact) mass is 271 g/mol. The van der Waals surface area contributed by atoms with E-state index in [2.05, 4.69) is 0 Å². The molecule has 2 aliphatic rings. The molecule has 1 heterocycles. The Morgan fingerprint density at radius 3 is 2.26 bits per heavy atom. The van der Waals surface area contributed by atoms with Crippen LogP contribution in [0.3, 0.4) is 0 Å². The van der Waals surface area contributed by atoms with Gasteiger partial charge in [-0.15, -0.1) is 0 Å². The minimum Gasteiger partial charge on any atom is -0.480 e. The van der Waals surface area contributed by atoms with Crippen molar-refractivity contribution in [1.82, 2.24) is 4.90 Å². The summed E-state index contributed by atoms with van der Waals surface area (Å²) >= 11 is 0. The maximum atomic E-state index is 10.9. The highest BCUT2D eigenvalue weighted by atomic mass is 16.5. The standard InChI is InChI=1S/C13H21NO5/c15-11(16)8-14(9-12(17)18)10-3-6-19-13(7-10)4-1-2-5-13/h10H,1-9H2,(H,15,16)(H,17,18). The SMILES string of the molecule is O=C(O)CN(CC(=O)O)C1CCOC2(CCCC2)C1. The van der Waals surface area contributed by atoms with E-state index in [1.807, 2.05) is 0 Å². The molecule has 108 valence electrons. The van der Waals surface area contributed by atoms with Crippen molar-refractivity contribution in [3.05, 3.63) is 0 Å². The highest BCUT2D eigenvalue weighted by Crippen LogP contribution is 2.41. The molecule has 0 aromatic carbocycles. The van der Waals surface area contributed by atoms with Crippen LogP contribution in [-0.2, 0) is 14.3 Å². The van der Waals surface area contributed by atoms with Gasteiger partial charge in [-0.05, 0) is 25.7 Å². The maximum Gasteiger partial charge on any atom is 0.317 e. The summed E-state index contributed by atoms with van der Waals surface area (Å²) in [4.78, 5) is 23.3. The maximum absolute atomic E-state index is 10.9. The molecule has 2 rings (SSSR count). The third-order valence-electron chi connectivity index (χ3n) is 4.17. The van der Waals surface area contributed by atoms with Crippen molar-refractivity contribution in [3.63, 3.8) is 0 Å². The fraction of sp³-hybridized carbons (Fsp3) is 0.846. The van der Waals surface area contributed by atoms with Gasteiger partial charge in [-0.2, -0.15) is 0 Å². The summed E-state index contributed by atoms with van der Waals surface area (Å²) < 4.78 is 5.90. The number of carboxylic acid groups (broad SMARTS) is 2. The van der Waals surface area contributed by atoms with Crippen LogP contribution < -0.4 is 0 Å². The van der Waals surface area contributed by atoms with Gasteiger partial charge in [0.1, 0.15) is 0 Å². The van der Waals surface area contributed by atoms with Crippen molar-refractivity contribution in [3.8, 4) is 0 Å². The number of hydrogen-bond acceptors (Lipinski definition) is 4. The lowest BCUT2D eigenvalue weighted by molar-refractivity contribution is -0.147. The minimum atomic E-state index is -0.979. The van der Waals surface area contributed by atoms with E-state index in [0.29, 0.717) is 13.0 Å². The van der Waals surface area contributed by atoms with Gasteiger partial charge in [0.2, 0.25) is 0 Å². The van der Waals surface area contributed by atoms with Gasteiger partial charge in [-0.1, -0.05) is 12.8 Å². The van der Waals surface area contributed by atoms with Crippen LogP contribution in [0.25, 0.3) is 0 Å². The molecule has 1 unspecified atom stereocenters. The number of ether oxygens (including phenoxy) is 1. The highest BCUT2D eigenvalue weighted by Gasteiger charge is 2.42. The second-order valence-electron chi connectivity index (χ2n) is 5.58. The zero-order valence-corrected chi connectivity index (χ0v) is 11.0. The summed E-state index contributed by atoms with van der Waals surface area (Å²) in [7, 11) is 0. The third kappa shape index (κ3) is 3.67. The van der Waals surface area contributed by atoms with Crippen molar-refractivity contribution in [1.29, 1.82) is 0 Å². The molecule has 6 heteroatoms. The molecule has 1 aliphatic heterocycles. The lowest BCUT2D eigenvalue weighted by Crippen LogP contribution is -2.50. The Morgan fingerprint density at radius 1 is 1.16 bits per heavy atom. The summed E-state index contributed by atoms with van der Waals surface area (Å²) in [6.07, 6.45) is 5.78. The van der Waals surface area contributed by atoms with Crippen LogP contribution in [0.2, 0.25) is 0 Å². The summed E-state index contributed by atoms with van der Waals surface area (Å²) in [5.41, 5.74) is -0.127. The van der Waals surface area contributed by atoms with E-state index in [0.717, 1.165) is 32.1 Å². The minimum absolute atomic E-state index is 0.000880. The molecule has 0 radical (unpaired) electrons. The first kappa shape index (κ1) is 14.3. The van der Waals surface area contributed by atoms with Crippen LogP contribution in [0, 0.1) is 0 Å². The summed E-state index contributed by atoms with van der Waals surface area (Å²) in [6, 6.07) is -0.000880. The predicted molar refractivity (Wildman–Crippen MR) is 67.0 cm³/mol. The fourth-order valence-electron chi connectivity index (χ4n) is 3.34. The van der Waals surface area contributed by atoms with Crippen LogP contribution in [0.1, 0.15) is 38.5 Å². The van der Waals surface area contributed by atoms with Crippen molar-refractivity contribution < 1.29 is 24.5 Å². The molecule has 2 N–H and O–H groups in total. The van der Waals surface area contributed by atoms with Crippen molar-refractivity contribution >= 4 is 11.9 Å². The first-order valence-electron chi connectivity index (χ1n) is 6.82. The van der Waals surface area contributed by atoms with E-state index in [-0.39, 0.29) is 24.7 Å². The number of carbonyl (C=O) groups is 2. The van der Waals surface area contributed by atoms with E-state index < -0.39 is 11.9 Å². The molecule has 1 saturated heterocycles. The van der Waals surface area contributed by atoms with Gasteiger partial charge in [-0.25, -0.2) is 0 Å². The Balaban J connectivity index is 2.03. The van der Waals surface area contributed by atoms with E-state index in [9.17, 15) is 9.59 Å². The van der Waals surface area contributed by atoms with Crippen LogP contribution in [0.4, 0.5) is 0 Å². The molecule has 1 atom stereocenters. The van der Waals surface area contributed by atoms with Crippen molar-refractivity contribution in [2.24, 2.45) is 0 Å². The average Bonchev–Trinajstić information content (AvgIpc) is 2.75. The molecule has 0 aromatic heterocycles. The lowest BCUT2D eigenvalue weighted by Gasteiger charge is -2.42. The summed E-state index contributed by atoms with van der Waals surface area (Å²) in [5.74, 6) is -1.96. The molecule has 0 amide bonds. The fourth-order valence-corrected chi connectivity index (χ4v) is 3.34. The zero-order valence-electron chi connectivity index (χ0n) is 11.0. The molecule has 1 aliphatic carbocycles. The first-order chi connectivity index (χ1) is 9.01. The second-order valence-corrected chi connectivity index (χ2v) is 5.58. The molecular weight excluding hydrogens is 250 g/mol. The van der Waals surface area contributed by atoms with Gasteiger partial charge < -0.3 is 14.9 Å². The number of nitrogens with zero attached hydrogens (tertiary/aromatic N) is 1. The van der Waals surface area contributed by atoms with Gasteiger partial charge in [0.05, 0.1) is 18.7 Å². The van der Waals surface area contributed by atoms with E-state index in [1.165, 1.54) is 0 Å². The van der Waals surface area contributed by atoms with Crippen LogP contribution in [0.5, 0.6) is 0 Å². The molecule has 1 spiro atoms. The van der Waals surface area contributed by atoms with Gasteiger partial charge in [0, 0.05) is 12.6 Å². The smallest absolute Gasteiger partial charge is 0.317 e. The third-order valence-corrected chi connectivity index (χ3v) is 4.17. The molecule has 2 fully saturated rings. The van der Waals surface area contributed by atoms with E-state index in [1.54, 1.807) is 4.90 Å². The number of hydrogen-bond donors (Lipinski definition) is 2. The Hall–Kier alpha value is -1.14. The second kappa shape index (κ2) is 5.88. The Labute approximate surface area is 112 Å². The van der Waals surface area contributed by atoms with E-state index in [4.69, 9.17) is 14.9 Å². The van der Waals surface area contributed by atoms with Crippen LogP contribution in [0.15, 0.2) is 0 Å². The molecule has 6 nitrogen and oxygen atoms in total. The average molecular weight is 271 g/mol. The normalized spacial score (nSPS) is 25.8. The topological polar surface area (TPSA) is 87.1 Å². The largest absolute Gasteiger partial charge is 0.480 e. The van der Waals surface area contributed by atoms with E-state index >= 15 is 0 Å². The first-order valence-corrected chi connectivity index (χ1v) is 6.82. The molecule has 0 aromatic rings. The van der Waals surface area contributed by atoms with Crippen LogP contribution >= 0.6 is 0 Å². The molecular formula is C13H21NO5. The molecule has 1 saturated carbocycles. The van der Waals surface area contributed by atoms with Crippen LogP contribution in [-0.4, -0.2) is 58.4 Å². The Kier molecular flexibility index (Phi) is 4.42. The van der Waals surface area contributed by atoms with Crippen molar-refractivity contribution in [2.45, 2.75) is 50.2 Å². The number of carboxylic acids is 2. The summed E-state index contributed by atoms with van der Waals surface area (Å²) in [5, 5.41) is 17.8. The lowest BCUT2D eigenvalue weighted by atomic mass is 9.88. The Morgan fingerprint density at radius 2 is 1.74 bits per heavy atom. The van der Waals surface area contributed by atoms with Crippen molar-refractivity contribution in [2.75, 3.05) is 19.7 Å². The highest BCUT2D eigenvalue weighted by molar-refractivity contribution is 5.72.